The predicted molar refractivity (Wildman–Crippen MR) is 158 cm³/mol. The zero-order chi connectivity index (χ0) is 26.3. The normalized spacial score (nSPS) is 20.9. The molecule has 0 bridgehead atoms. The summed E-state index contributed by atoms with van der Waals surface area (Å²) in [5.74, 6) is 1.26. The maximum Gasteiger partial charge on any atom is 0.227 e. The first kappa shape index (κ1) is 27.2. The Morgan fingerprint density at radius 2 is 1.47 bits per heavy atom. The van der Waals surface area contributed by atoms with E-state index in [0.29, 0.717) is 16.5 Å². The number of likely N-dealkylation sites (tertiary alicyclic amines) is 2. The van der Waals surface area contributed by atoms with Crippen molar-refractivity contribution in [3.63, 3.8) is 0 Å². The molecule has 0 radical (unpaired) electrons. The quantitative estimate of drug-likeness (QED) is 0.288. The van der Waals surface area contributed by atoms with E-state index in [-0.39, 0.29) is 17.9 Å². The molecule has 0 saturated carbocycles. The first-order valence-electron chi connectivity index (χ1n) is 14.1. The van der Waals surface area contributed by atoms with Crippen LogP contribution in [0.5, 0.6) is 0 Å². The molecule has 38 heavy (non-hydrogen) atoms. The molecule has 0 aliphatic carbocycles. The monoisotopic (exact) mass is 548 g/mol. The number of rotatable bonds is 8. The van der Waals surface area contributed by atoms with Gasteiger partial charge in [-0.3, -0.25) is 4.79 Å². The van der Waals surface area contributed by atoms with Crippen molar-refractivity contribution in [3.8, 4) is 0 Å². The zero-order valence-electron chi connectivity index (χ0n) is 22.1. The van der Waals surface area contributed by atoms with Crippen LogP contribution in [0, 0.1) is 5.92 Å². The molecule has 5 heteroatoms. The summed E-state index contributed by atoms with van der Waals surface area (Å²) in [5.41, 5.74) is 3.72. The van der Waals surface area contributed by atoms with Crippen LogP contribution >= 0.6 is 23.2 Å². The van der Waals surface area contributed by atoms with E-state index in [0.717, 1.165) is 56.9 Å². The van der Waals surface area contributed by atoms with Gasteiger partial charge in [-0.2, -0.15) is 0 Å². The second kappa shape index (κ2) is 13.2. The van der Waals surface area contributed by atoms with Gasteiger partial charge in [-0.25, -0.2) is 0 Å². The SMILES string of the molecule is O=C(Cc1ccccc1)N1CCCC(c2ccc(Cl)c(Cl)c2)C1CCN1CCC(Cc2ccccc2)CC1. The van der Waals surface area contributed by atoms with Crippen LogP contribution in [0.3, 0.4) is 0 Å². The van der Waals surface area contributed by atoms with E-state index in [2.05, 4.69) is 46.2 Å². The molecule has 5 rings (SSSR count). The molecule has 2 heterocycles. The molecule has 0 N–H and O–H groups in total. The zero-order valence-corrected chi connectivity index (χ0v) is 23.6. The minimum atomic E-state index is 0.166. The molecule has 3 nitrogen and oxygen atoms in total. The van der Waals surface area contributed by atoms with Gasteiger partial charge >= 0.3 is 0 Å². The number of carbonyl (C=O) groups excluding carboxylic acids is 1. The van der Waals surface area contributed by atoms with Gasteiger partial charge in [0.1, 0.15) is 0 Å². The molecule has 2 aliphatic rings. The molecule has 2 unspecified atom stereocenters. The smallest absolute Gasteiger partial charge is 0.227 e. The van der Waals surface area contributed by atoms with Gasteiger partial charge in [-0.15, -0.1) is 0 Å². The van der Waals surface area contributed by atoms with Gasteiger partial charge in [0.25, 0.3) is 0 Å². The molecule has 3 aromatic rings. The van der Waals surface area contributed by atoms with Crippen molar-refractivity contribution in [2.45, 2.75) is 56.9 Å². The van der Waals surface area contributed by atoms with Crippen molar-refractivity contribution in [2.24, 2.45) is 5.92 Å². The maximum atomic E-state index is 13.6. The fraction of sp³-hybridized carbons (Fsp3) is 0.424. The van der Waals surface area contributed by atoms with Crippen molar-refractivity contribution < 1.29 is 4.79 Å². The molecule has 3 aromatic carbocycles. The van der Waals surface area contributed by atoms with Crippen molar-refractivity contribution in [1.29, 1.82) is 0 Å². The van der Waals surface area contributed by atoms with Gasteiger partial charge < -0.3 is 9.80 Å². The second-order valence-electron chi connectivity index (χ2n) is 11.0. The van der Waals surface area contributed by atoms with Crippen molar-refractivity contribution in [1.82, 2.24) is 9.80 Å². The van der Waals surface area contributed by atoms with E-state index in [9.17, 15) is 4.79 Å². The van der Waals surface area contributed by atoms with Gasteiger partial charge in [-0.05, 0) is 86.4 Å². The van der Waals surface area contributed by atoms with E-state index in [1.807, 2.05) is 42.5 Å². The highest BCUT2D eigenvalue weighted by Gasteiger charge is 2.35. The van der Waals surface area contributed by atoms with E-state index in [1.54, 1.807) is 0 Å². The number of hydrogen-bond donors (Lipinski definition) is 0. The summed E-state index contributed by atoms with van der Waals surface area (Å²) in [6.45, 7) is 4.13. The van der Waals surface area contributed by atoms with Gasteiger partial charge in [0.05, 0.1) is 16.5 Å². The van der Waals surface area contributed by atoms with E-state index < -0.39 is 0 Å². The van der Waals surface area contributed by atoms with Gasteiger partial charge in [-0.1, -0.05) is 89.9 Å². The summed E-state index contributed by atoms with van der Waals surface area (Å²) in [6, 6.07) is 27.2. The number of halogens is 2. The average Bonchev–Trinajstić information content (AvgIpc) is 2.95. The summed E-state index contributed by atoms with van der Waals surface area (Å²) in [6.07, 6.45) is 7.17. The van der Waals surface area contributed by atoms with Crippen molar-refractivity contribution in [3.05, 3.63) is 106 Å². The Hall–Kier alpha value is -2.33. The lowest BCUT2D eigenvalue weighted by molar-refractivity contribution is -0.135. The molecule has 2 atom stereocenters. The Labute approximate surface area is 237 Å². The summed E-state index contributed by atoms with van der Waals surface area (Å²) >= 11 is 12.7. The van der Waals surface area contributed by atoms with Crippen molar-refractivity contribution in [2.75, 3.05) is 26.2 Å². The lowest BCUT2D eigenvalue weighted by Crippen LogP contribution is -2.49. The van der Waals surface area contributed by atoms with Gasteiger partial charge in [0.2, 0.25) is 5.91 Å². The van der Waals surface area contributed by atoms with Crippen LogP contribution in [-0.2, 0) is 17.6 Å². The Balaban J connectivity index is 1.26. The van der Waals surface area contributed by atoms with Crippen LogP contribution in [0.25, 0.3) is 0 Å². The second-order valence-corrected chi connectivity index (χ2v) is 11.8. The highest BCUT2D eigenvalue weighted by Crippen LogP contribution is 2.37. The number of carbonyl (C=O) groups is 1. The Kier molecular flexibility index (Phi) is 9.43. The first-order valence-corrected chi connectivity index (χ1v) is 14.9. The minimum Gasteiger partial charge on any atom is -0.339 e. The fourth-order valence-electron chi connectivity index (χ4n) is 6.40. The Morgan fingerprint density at radius 1 is 0.789 bits per heavy atom. The molecule has 2 aliphatic heterocycles. The molecule has 200 valence electrons. The van der Waals surface area contributed by atoms with Crippen LogP contribution in [0.15, 0.2) is 78.9 Å². The number of nitrogens with zero attached hydrogens (tertiary/aromatic N) is 2. The summed E-state index contributed by atoms with van der Waals surface area (Å²) in [4.78, 5) is 18.4. The van der Waals surface area contributed by atoms with Crippen LogP contribution in [0.2, 0.25) is 10.0 Å². The highest BCUT2D eigenvalue weighted by atomic mass is 35.5. The third-order valence-electron chi connectivity index (χ3n) is 8.48. The molecule has 0 aromatic heterocycles. The predicted octanol–water partition coefficient (Wildman–Crippen LogP) is 7.66. The molecule has 1 amide bonds. The third-order valence-corrected chi connectivity index (χ3v) is 9.22. The van der Waals surface area contributed by atoms with Crippen molar-refractivity contribution >= 4 is 29.1 Å². The number of benzene rings is 3. The molecule has 0 spiro atoms. The molecular weight excluding hydrogens is 511 g/mol. The lowest BCUT2D eigenvalue weighted by Gasteiger charge is -2.43. The number of hydrogen-bond acceptors (Lipinski definition) is 2. The Morgan fingerprint density at radius 3 is 2.16 bits per heavy atom. The number of piperidine rings is 2. The van der Waals surface area contributed by atoms with Crippen LogP contribution < -0.4 is 0 Å². The third kappa shape index (κ3) is 7.00. The van der Waals surface area contributed by atoms with Crippen LogP contribution in [-0.4, -0.2) is 47.9 Å². The van der Waals surface area contributed by atoms with Gasteiger partial charge in [0.15, 0.2) is 0 Å². The van der Waals surface area contributed by atoms with E-state index in [4.69, 9.17) is 23.2 Å². The van der Waals surface area contributed by atoms with Crippen LogP contribution in [0.4, 0.5) is 0 Å². The van der Waals surface area contributed by atoms with Gasteiger partial charge in [0, 0.05) is 25.0 Å². The molecule has 2 fully saturated rings. The summed E-state index contributed by atoms with van der Waals surface area (Å²) in [7, 11) is 0. The van der Waals surface area contributed by atoms with Crippen LogP contribution in [0.1, 0.15) is 54.7 Å². The molecular formula is C33H38Cl2N2O. The first-order chi connectivity index (χ1) is 18.6. The Bertz CT molecular complexity index is 1180. The highest BCUT2D eigenvalue weighted by molar-refractivity contribution is 6.42. The average molecular weight is 550 g/mol. The summed E-state index contributed by atoms with van der Waals surface area (Å²) < 4.78 is 0. The standard InChI is InChI=1S/C33H38Cl2N2O/c34-30-14-13-28(24-31(30)35)29-12-7-18-37(33(38)23-26-10-5-2-6-11-26)32(29)17-21-36-19-15-27(16-20-36)22-25-8-3-1-4-9-25/h1-6,8-11,13-14,24,27,29,32H,7,12,15-23H2. The van der Waals surface area contributed by atoms with E-state index >= 15 is 0 Å². The topological polar surface area (TPSA) is 23.6 Å². The lowest BCUT2D eigenvalue weighted by atomic mass is 9.81. The summed E-state index contributed by atoms with van der Waals surface area (Å²) in [5, 5.41) is 1.18. The molecule has 2 saturated heterocycles. The number of amides is 1. The van der Waals surface area contributed by atoms with E-state index in [1.165, 1.54) is 30.4 Å². The fourth-order valence-corrected chi connectivity index (χ4v) is 6.71. The largest absolute Gasteiger partial charge is 0.339 e. The minimum absolute atomic E-state index is 0.166. The maximum absolute atomic E-state index is 13.6.